The molecule has 0 N–H and O–H groups in total. The summed E-state index contributed by atoms with van der Waals surface area (Å²) in [7, 11) is -3.82. The second-order valence-corrected chi connectivity index (χ2v) is 6.00. The fourth-order valence-corrected chi connectivity index (χ4v) is 2.98. The predicted octanol–water partition coefficient (Wildman–Crippen LogP) is 1.65. The van der Waals surface area contributed by atoms with Gasteiger partial charge in [-0.2, -0.15) is 8.42 Å². The molecule has 21 heavy (non-hydrogen) atoms. The summed E-state index contributed by atoms with van der Waals surface area (Å²) in [5.41, 5.74) is 1.09. The Bertz CT molecular complexity index is 693. The molecule has 0 saturated carbocycles. The summed E-state index contributed by atoms with van der Waals surface area (Å²) in [6, 6.07) is 9.08. The molecule has 0 fully saturated rings. The molecule has 1 aliphatic rings. The van der Waals surface area contributed by atoms with Crippen LogP contribution < -0.4 is 0 Å². The van der Waals surface area contributed by atoms with Gasteiger partial charge in [0.05, 0.1) is 24.4 Å². The van der Waals surface area contributed by atoms with Crippen molar-refractivity contribution in [2.45, 2.75) is 20.4 Å². The van der Waals surface area contributed by atoms with E-state index in [1.807, 2.05) is 18.2 Å². The maximum Gasteiger partial charge on any atom is 0.344 e. The van der Waals surface area contributed by atoms with Gasteiger partial charge in [-0.05, 0) is 19.4 Å². The molecule has 0 radical (unpaired) electrons. The van der Waals surface area contributed by atoms with Gasteiger partial charge < -0.3 is 4.74 Å². The van der Waals surface area contributed by atoms with E-state index in [0.29, 0.717) is 0 Å². The Balaban J connectivity index is 2.32. The topological polar surface area (TPSA) is 76.0 Å². The first kappa shape index (κ1) is 15.2. The van der Waals surface area contributed by atoms with E-state index in [1.165, 1.54) is 13.1 Å². The lowest BCUT2D eigenvalue weighted by molar-refractivity contribution is -0.137. The molecule has 0 spiro atoms. The number of carbonyl (C=O) groups excluding carboxylic acids is 1. The summed E-state index contributed by atoms with van der Waals surface area (Å²) in [4.78, 5) is 11.8. The quantitative estimate of drug-likeness (QED) is 0.793. The van der Waals surface area contributed by atoms with Crippen LogP contribution in [-0.4, -0.2) is 31.0 Å². The fraction of sp³-hybridized carbons (Fsp3) is 0.286. The van der Waals surface area contributed by atoms with E-state index >= 15 is 0 Å². The first-order chi connectivity index (χ1) is 9.94. The molecule has 0 saturated heterocycles. The van der Waals surface area contributed by atoms with Gasteiger partial charge >= 0.3 is 16.2 Å². The highest BCUT2D eigenvalue weighted by atomic mass is 32.2. The third kappa shape index (κ3) is 3.49. The summed E-state index contributed by atoms with van der Waals surface area (Å²) >= 11 is 0. The summed E-state index contributed by atoms with van der Waals surface area (Å²) in [6.45, 7) is 3.49. The van der Waals surface area contributed by atoms with Gasteiger partial charge in [-0.1, -0.05) is 30.3 Å². The number of ether oxygens (including phenoxy) is 1. The van der Waals surface area contributed by atoms with Crippen LogP contribution >= 0.6 is 0 Å². The molecule has 0 atom stereocenters. The maximum atomic E-state index is 12.1. The maximum absolute atomic E-state index is 12.1. The second kappa shape index (κ2) is 6.09. The third-order valence-electron chi connectivity index (χ3n) is 2.89. The highest BCUT2D eigenvalue weighted by Crippen LogP contribution is 2.20. The average molecular weight is 308 g/mol. The number of hydrogen-bond donors (Lipinski definition) is 0. The molecule has 112 valence electrons. The molecule has 7 heteroatoms. The lowest BCUT2D eigenvalue weighted by atomic mass is 10.2. The van der Waals surface area contributed by atoms with E-state index in [9.17, 15) is 13.2 Å². The Hall–Kier alpha value is -2.15. The molecule has 0 aromatic heterocycles. The molecule has 1 aliphatic heterocycles. The van der Waals surface area contributed by atoms with Crippen LogP contribution in [0.4, 0.5) is 0 Å². The van der Waals surface area contributed by atoms with Gasteiger partial charge in [-0.25, -0.2) is 4.79 Å². The van der Waals surface area contributed by atoms with Crippen LogP contribution in [0, 0.1) is 0 Å². The largest absolute Gasteiger partial charge is 0.462 e. The highest BCUT2D eigenvalue weighted by molar-refractivity contribution is 7.88. The Morgan fingerprint density at radius 2 is 1.95 bits per heavy atom. The van der Waals surface area contributed by atoms with Crippen LogP contribution in [0.15, 0.2) is 46.5 Å². The Morgan fingerprint density at radius 3 is 2.57 bits per heavy atom. The standard InChI is InChI=1S/C14H16N2O4S/c1-3-20-14(17)13-10-16(21(18,19)15-11(13)2)9-12-7-5-4-6-8-12/h4-8,10H,3,9H2,1-2H3. The number of esters is 1. The number of benzene rings is 1. The summed E-state index contributed by atoms with van der Waals surface area (Å²) < 4.78 is 33.7. The normalized spacial score (nSPS) is 17.0. The SMILES string of the molecule is CCOC(=O)C1=CN(Cc2ccccc2)S(=O)(=O)N=C1C. The van der Waals surface area contributed by atoms with Crippen LogP contribution in [0.1, 0.15) is 19.4 Å². The van der Waals surface area contributed by atoms with Crippen molar-refractivity contribution in [3.05, 3.63) is 47.7 Å². The van der Waals surface area contributed by atoms with E-state index in [0.717, 1.165) is 9.87 Å². The Labute approximate surface area is 123 Å². The molecule has 0 unspecified atom stereocenters. The second-order valence-electron chi connectivity index (χ2n) is 4.45. The average Bonchev–Trinajstić information content (AvgIpc) is 2.42. The molecular formula is C14H16N2O4S. The van der Waals surface area contributed by atoms with Crippen molar-refractivity contribution in [3.63, 3.8) is 0 Å². The van der Waals surface area contributed by atoms with E-state index in [2.05, 4.69) is 4.40 Å². The van der Waals surface area contributed by atoms with Crippen LogP contribution in [-0.2, 0) is 26.3 Å². The number of nitrogens with zero attached hydrogens (tertiary/aromatic N) is 2. The van der Waals surface area contributed by atoms with Crippen molar-refractivity contribution in [2.75, 3.05) is 6.61 Å². The van der Waals surface area contributed by atoms with Gasteiger partial charge in [-0.15, -0.1) is 4.40 Å². The van der Waals surface area contributed by atoms with Crippen molar-refractivity contribution >= 4 is 21.9 Å². The number of rotatable bonds is 4. The lowest BCUT2D eigenvalue weighted by Gasteiger charge is -2.23. The van der Waals surface area contributed by atoms with E-state index in [-0.39, 0.29) is 24.4 Å². The van der Waals surface area contributed by atoms with Crippen molar-refractivity contribution < 1.29 is 17.9 Å². The Kier molecular flexibility index (Phi) is 4.42. The first-order valence-corrected chi connectivity index (χ1v) is 7.85. The van der Waals surface area contributed by atoms with Gasteiger partial charge in [0.1, 0.15) is 0 Å². The van der Waals surface area contributed by atoms with Crippen LogP contribution in [0.25, 0.3) is 0 Å². The molecule has 1 heterocycles. The summed E-state index contributed by atoms with van der Waals surface area (Å²) in [6.07, 6.45) is 1.28. The zero-order valence-corrected chi connectivity index (χ0v) is 12.6. The minimum atomic E-state index is -3.82. The minimum Gasteiger partial charge on any atom is -0.462 e. The van der Waals surface area contributed by atoms with Crippen molar-refractivity contribution in [3.8, 4) is 0 Å². The Morgan fingerprint density at radius 1 is 1.29 bits per heavy atom. The molecule has 6 nitrogen and oxygen atoms in total. The third-order valence-corrected chi connectivity index (χ3v) is 4.22. The number of hydrogen-bond acceptors (Lipinski definition) is 4. The first-order valence-electron chi connectivity index (χ1n) is 6.45. The van der Waals surface area contributed by atoms with Crippen LogP contribution in [0.5, 0.6) is 0 Å². The molecule has 1 aromatic carbocycles. The van der Waals surface area contributed by atoms with Gasteiger partial charge in [0, 0.05) is 6.20 Å². The lowest BCUT2D eigenvalue weighted by Crippen LogP contribution is -2.31. The predicted molar refractivity (Wildman–Crippen MR) is 78.7 cm³/mol. The van der Waals surface area contributed by atoms with Gasteiger partial charge in [0.25, 0.3) is 0 Å². The number of carbonyl (C=O) groups is 1. The zero-order chi connectivity index (χ0) is 15.5. The van der Waals surface area contributed by atoms with E-state index in [4.69, 9.17) is 4.74 Å². The highest BCUT2D eigenvalue weighted by Gasteiger charge is 2.28. The van der Waals surface area contributed by atoms with Crippen LogP contribution in [0.2, 0.25) is 0 Å². The zero-order valence-electron chi connectivity index (χ0n) is 11.8. The molecule has 2 rings (SSSR count). The van der Waals surface area contributed by atoms with E-state index in [1.54, 1.807) is 19.1 Å². The van der Waals surface area contributed by atoms with Crippen molar-refractivity contribution in [1.29, 1.82) is 0 Å². The van der Waals surface area contributed by atoms with Crippen molar-refractivity contribution in [1.82, 2.24) is 4.31 Å². The molecule has 0 amide bonds. The molecule has 0 bridgehead atoms. The summed E-state index contributed by atoms with van der Waals surface area (Å²) in [5, 5.41) is 0. The fourth-order valence-electron chi connectivity index (χ4n) is 1.88. The minimum absolute atomic E-state index is 0.114. The van der Waals surface area contributed by atoms with Gasteiger partial charge in [-0.3, -0.25) is 4.31 Å². The smallest absolute Gasteiger partial charge is 0.344 e. The van der Waals surface area contributed by atoms with Gasteiger partial charge in [0.2, 0.25) is 0 Å². The molecule has 0 aliphatic carbocycles. The molecule has 1 aromatic rings. The summed E-state index contributed by atoms with van der Waals surface area (Å²) in [5.74, 6) is -0.577. The van der Waals surface area contributed by atoms with Gasteiger partial charge in [0.15, 0.2) is 0 Å². The van der Waals surface area contributed by atoms with E-state index < -0.39 is 16.2 Å². The monoisotopic (exact) mass is 308 g/mol. The van der Waals surface area contributed by atoms with Crippen LogP contribution in [0.3, 0.4) is 0 Å². The van der Waals surface area contributed by atoms with Crippen molar-refractivity contribution in [2.24, 2.45) is 4.40 Å². The molecular weight excluding hydrogens is 292 g/mol.